The van der Waals surface area contributed by atoms with Crippen LogP contribution < -0.4 is 5.73 Å². The molecule has 0 bridgehead atoms. The molecule has 0 amide bonds. The van der Waals surface area contributed by atoms with E-state index in [0.29, 0.717) is 12.1 Å². The third kappa shape index (κ3) is 4.07. The van der Waals surface area contributed by atoms with Crippen molar-refractivity contribution in [1.82, 2.24) is 4.90 Å². The van der Waals surface area contributed by atoms with Crippen molar-refractivity contribution in [3.63, 3.8) is 0 Å². The topological polar surface area (TPSA) is 58.7 Å². The van der Waals surface area contributed by atoms with Crippen LogP contribution in [0.3, 0.4) is 0 Å². The van der Waals surface area contributed by atoms with Crippen molar-refractivity contribution in [3.8, 4) is 0 Å². The van der Waals surface area contributed by atoms with Crippen molar-refractivity contribution in [2.75, 3.05) is 26.3 Å². The van der Waals surface area contributed by atoms with E-state index in [2.05, 4.69) is 18.7 Å². The van der Waals surface area contributed by atoms with Crippen LogP contribution in [0.25, 0.3) is 0 Å². The van der Waals surface area contributed by atoms with E-state index < -0.39 is 0 Å². The third-order valence-electron chi connectivity index (χ3n) is 3.07. The Morgan fingerprint density at radius 3 is 2.93 bits per heavy atom. The number of rotatable bonds is 5. The van der Waals surface area contributed by atoms with Gasteiger partial charge in [0.2, 0.25) is 0 Å². The van der Waals surface area contributed by atoms with Crippen LogP contribution in [0.1, 0.15) is 26.7 Å². The van der Waals surface area contributed by atoms with Gasteiger partial charge in [0.25, 0.3) is 0 Å². The largest absolute Gasteiger partial charge is 0.395 e. The van der Waals surface area contributed by atoms with Crippen LogP contribution in [-0.2, 0) is 4.74 Å². The van der Waals surface area contributed by atoms with Crippen LogP contribution in [0, 0.1) is 0 Å². The second-order valence-corrected chi connectivity index (χ2v) is 4.43. The van der Waals surface area contributed by atoms with Gasteiger partial charge in [-0.25, -0.2) is 0 Å². The first-order valence-corrected chi connectivity index (χ1v) is 5.89. The SMILES string of the molecule is CCC1COC(C)CN1CCC(N)CO. The van der Waals surface area contributed by atoms with Crippen LogP contribution >= 0.6 is 0 Å². The van der Waals surface area contributed by atoms with Gasteiger partial charge in [-0.3, -0.25) is 4.90 Å². The van der Waals surface area contributed by atoms with E-state index in [1.54, 1.807) is 0 Å². The second kappa shape index (κ2) is 6.43. The van der Waals surface area contributed by atoms with Gasteiger partial charge < -0.3 is 15.6 Å². The summed E-state index contributed by atoms with van der Waals surface area (Å²) in [4.78, 5) is 2.43. The molecule has 1 heterocycles. The first-order chi connectivity index (χ1) is 7.17. The number of hydrogen-bond acceptors (Lipinski definition) is 4. The highest BCUT2D eigenvalue weighted by Crippen LogP contribution is 2.14. The highest BCUT2D eigenvalue weighted by Gasteiger charge is 2.25. The standard InChI is InChI=1S/C11H24N2O2/c1-3-11-8-15-9(2)6-13(11)5-4-10(12)7-14/h9-11,14H,3-8,12H2,1-2H3. The quantitative estimate of drug-likeness (QED) is 0.689. The molecule has 3 unspecified atom stereocenters. The van der Waals surface area contributed by atoms with Gasteiger partial charge in [-0.05, 0) is 19.8 Å². The number of ether oxygens (including phenoxy) is 1. The Morgan fingerprint density at radius 2 is 2.33 bits per heavy atom. The molecule has 1 aliphatic rings. The minimum atomic E-state index is -0.0827. The van der Waals surface area contributed by atoms with Crippen molar-refractivity contribution in [2.45, 2.75) is 44.9 Å². The van der Waals surface area contributed by atoms with Crippen LogP contribution in [0.4, 0.5) is 0 Å². The van der Waals surface area contributed by atoms with Crippen LogP contribution in [0.2, 0.25) is 0 Å². The lowest BCUT2D eigenvalue weighted by Crippen LogP contribution is -2.49. The Kier molecular flexibility index (Phi) is 5.53. The Labute approximate surface area is 92.4 Å². The minimum absolute atomic E-state index is 0.0800. The van der Waals surface area contributed by atoms with Gasteiger partial charge in [0.15, 0.2) is 0 Å². The van der Waals surface area contributed by atoms with Crippen LogP contribution in [0.15, 0.2) is 0 Å². The Bertz CT molecular complexity index is 178. The molecule has 4 nitrogen and oxygen atoms in total. The van der Waals surface area contributed by atoms with E-state index in [1.807, 2.05) is 0 Å². The van der Waals surface area contributed by atoms with Crippen molar-refractivity contribution in [3.05, 3.63) is 0 Å². The molecule has 3 N–H and O–H groups in total. The Balaban J connectivity index is 2.34. The summed E-state index contributed by atoms with van der Waals surface area (Å²) in [5, 5.41) is 8.87. The van der Waals surface area contributed by atoms with E-state index in [0.717, 1.165) is 32.5 Å². The van der Waals surface area contributed by atoms with E-state index in [4.69, 9.17) is 15.6 Å². The monoisotopic (exact) mass is 216 g/mol. The number of hydrogen-bond donors (Lipinski definition) is 2. The fourth-order valence-electron chi connectivity index (χ4n) is 1.99. The summed E-state index contributed by atoms with van der Waals surface area (Å²) >= 11 is 0. The predicted octanol–water partition coefficient (Wildman–Crippen LogP) is 0.195. The highest BCUT2D eigenvalue weighted by atomic mass is 16.5. The van der Waals surface area contributed by atoms with Gasteiger partial charge in [0.05, 0.1) is 19.3 Å². The van der Waals surface area contributed by atoms with Crippen molar-refractivity contribution in [2.24, 2.45) is 5.73 Å². The number of nitrogens with zero attached hydrogens (tertiary/aromatic N) is 1. The summed E-state index contributed by atoms with van der Waals surface area (Å²) in [6.07, 6.45) is 2.29. The summed E-state index contributed by atoms with van der Waals surface area (Å²) in [5.41, 5.74) is 5.70. The van der Waals surface area contributed by atoms with Crippen molar-refractivity contribution in [1.29, 1.82) is 0 Å². The van der Waals surface area contributed by atoms with Crippen molar-refractivity contribution < 1.29 is 9.84 Å². The summed E-state index contributed by atoms with van der Waals surface area (Å²) < 4.78 is 5.62. The van der Waals surface area contributed by atoms with Gasteiger partial charge in [0, 0.05) is 25.2 Å². The van der Waals surface area contributed by atoms with Crippen LogP contribution in [-0.4, -0.2) is 54.5 Å². The van der Waals surface area contributed by atoms with E-state index in [9.17, 15) is 0 Å². The minimum Gasteiger partial charge on any atom is -0.395 e. The van der Waals surface area contributed by atoms with Crippen LogP contribution in [0.5, 0.6) is 0 Å². The fourth-order valence-corrected chi connectivity index (χ4v) is 1.99. The predicted molar refractivity (Wildman–Crippen MR) is 60.7 cm³/mol. The normalized spacial score (nSPS) is 30.4. The molecule has 0 saturated carbocycles. The molecule has 0 radical (unpaired) electrons. The molecule has 1 aliphatic heterocycles. The average Bonchev–Trinajstić information content (AvgIpc) is 2.26. The number of aliphatic hydroxyl groups excluding tert-OH is 1. The second-order valence-electron chi connectivity index (χ2n) is 4.43. The first kappa shape index (κ1) is 12.9. The maximum atomic E-state index is 8.87. The van der Waals surface area contributed by atoms with E-state index >= 15 is 0 Å². The zero-order valence-corrected chi connectivity index (χ0v) is 9.85. The number of morpholine rings is 1. The van der Waals surface area contributed by atoms with Crippen molar-refractivity contribution >= 4 is 0 Å². The smallest absolute Gasteiger partial charge is 0.0674 e. The molecular formula is C11H24N2O2. The zero-order valence-electron chi connectivity index (χ0n) is 9.85. The highest BCUT2D eigenvalue weighted by molar-refractivity contribution is 4.78. The fraction of sp³-hybridized carbons (Fsp3) is 1.00. The zero-order chi connectivity index (χ0) is 11.3. The molecule has 1 saturated heterocycles. The first-order valence-electron chi connectivity index (χ1n) is 5.89. The Hall–Kier alpha value is -0.160. The van der Waals surface area contributed by atoms with Gasteiger partial charge in [-0.1, -0.05) is 6.92 Å². The molecule has 15 heavy (non-hydrogen) atoms. The number of nitrogens with two attached hydrogens (primary N) is 1. The van der Waals surface area contributed by atoms with Gasteiger partial charge in [-0.2, -0.15) is 0 Å². The molecule has 0 aromatic carbocycles. The molecule has 3 atom stereocenters. The molecule has 4 heteroatoms. The summed E-state index contributed by atoms with van der Waals surface area (Å²) in [6.45, 7) is 7.14. The lowest BCUT2D eigenvalue weighted by Gasteiger charge is -2.38. The number of aliphatic hydroxyl groups is 1. The maximum absolute atomic E-state index is 8.87. The van der Waals surface area contributed by atoms with Gasteiger partial charge in [-0.15, -0.1) is 0 Å². The molecule has 90 valence electrons. The molecular weight excluding hydrogens is 192 g/mol. The van der Waals surface area contributed by atoms with Gasteiger partial charge >= 0.3 is 0 Å². The Morgan fingerprint density at radius 1 is 1.60 bits per heavy atom. The third-order valence-corrected chi connectivity index (χ3v) is 3.07. The van der Waals surface area contributed by atoms with Gasteiger partial charge in [0.1, 0.15) is 0 Å². The lowest BCUT2D eigenvalue weighted by molar-refractivity contribution is -0.0567. The summed E-state index contributed by atoms with van der Waals surface area (Å²) in [7, 11) is 0. The lowest BCUT2D eigenvalue weighted by atomic mass is 10.1. The van der Waals surface area contributed by atoms with E-state index in [-0.39, 0.29) is 12.6 Å². The summed E-state index contributed by atoms with van der Waals surface area (Å²) in [5.74, 6) is 0. The molecule has 0 aromatic rings. The average molecular weight is 216 g/mol. The molecule has 0 aliphatic carbocycles. The maximum Gasteiger partial charge on any atom is 0.0674 e. The summed E-state index contributed by atoms with van der Waals surface area (Å²) in [6, 6.07) is 0.438. The molecule has 1 rings (SSSR count). The van der Waals surface area contributed by atoms with E-state index in [1.165, 1.54) is 0 Å². The molecule has 0 spiro atoms. The molecule has 0 aromatic heterocycles. The molecule has 1 fully saturated rings.